The van der Waals surface area contributed by atoms with Crippen LogP contribution in [0.25, 0.3) is 0 Å². The molecule has 0 spiro atoms. The van der Waals surface area contributed by atoms with E-state index >= 15 is 0 Å². The Morgan fingerprint density at radius 1 is 1.05 bits per heavy atom. The topological polar surface area (TPSA) is 32.3 Å². The second-order valence-electron chi connectivity index (χ2n) is 5.11. The molecule has 1 aliphatic rings. The summed E-state index contributed by atoms with van der Waals surface area (Å²) in [7, 11) is 0. The quantitative estimate of drug-likeness (QED) is 0.745. The number of carbonyl (C=O) groups is 1. The van der Waals surface area contributed by atoms with Crippen molar-refractivity contribution in [3.63, 3.8) is 0 Å². The maximum absolute atomic E-state index is 12.4. The van der Waals surface area contributed by atoms with Crippen LogP contribution in [0, 0.1) is 0 Å². The first-order valence-corrected chi connectivity index (χ1v) is 7.95. The lowest BCUT2D eigenvalue weighted by molar-refractivity contribution is 0.206. The molecular weight excluding hydrogens is 343 g/mol. The molecular formula is C16H13Cl3N2O. The van der Waals surface area contributed by atoms with Crippen LogP contribution in [0.2, 0.25) is 15.1 Å². The molecule has 0 unspecified atom stereocenters. The van der Waals surface area contributed by atoms with Crippen LogP contribution in [0.4, 0.5) is 10.5 Å². The van der Waals surface area contributed by atoms with E-state index < -0.39 is 0 Å². The van der Waals surface area contributed by atoms with Crippen molar-refractivity contribution in [2.75, 3.05) is 11.9 Å². The van der Waals surface area contributed by atoms with Gasteiger partial charge < -0.3 is 10.2 Å². The molecule has 2 amide bonds. The van der Waals surface area contributed by atoms with E-state index in [1.165, 1.54) is 5.56 Å². The van der Waals surface area contributed by atoms with Crippen LogP contribution in [-0.2, 0) is 13.0 Å². The number of benzene rings is 2. The minimum absolute atomic E-state index is 0.177. The summed E-state index contributed by atoms with van der Waals surface area (Å²) in [4.78, 5) is 14.1. The third kappa shape index (κ3) is 3.17. The summed E-state index contributed by atoms with van der Waals surface area (Å²) < 4.78 is 0. The molecule has 0 aromatic heterocycles. The highest BCUT2D eigenvalue weighted by molar-refractivity contribution is 6.42. The molecule has 0 aliphatic carbocycles. The van der Waals surface area contributed by atoms with Gasteiger partial charge in [0.1, 0.15) is 0 Å². The first-order chi connectivity index (χ1) is 10.5. The molecule has 2 aromatic carbocycles. The van der Waals surface area contributed by atoms with Gasteiger partial charge in [0.25, 0.3) is 0 Å². The maximum atomic E-state index is 12.4. The second-order valence-corrected chi connectivity index (χ2v) is 6.33. The second kappa shape index (κ2) is 6.37. The summed E-state index contributed by atoms with van der Waals surface area (Å²) in [6.07, 6.45) is 0.796. The van der Waals surface area contributed by atoms with Crippen molar-refractivity contribution in [1.29, 1.82) is 0 Å². The molecule has 0 radical (unpaired) electrons. The lowest BCUT2D eigenvalue weighted by Gasteiger charge is -2.29. The van der Waals surface area contributed by atoms with Crippen molar-refractivity contribution >= 4 is 46.5 Å². The van der Waals surface area contributed by atoms with E-state index in [-0.39, 0.29) is 6.03 Å². The number of nitrogens with zero attached hydrogens (tertiary/aromatic N) is 1. The number of urea groups is 1. The largest absolute Gasteiger partial charge is 0.322 e. The summed E-state index contributed by atoms with van der Waals surface area (Å²) >= 11 is 18.0. The van der Waals surface area contributed by atoms with Crippen LogP contribution in [-0.4, -0.2) is 17.5 Å². The summed E-state index contributed by atoms with van der Waals surface area (Å²) in [5, 5.41) is 4.40. The van der Waals surface area contributed by atoms with Crippen molar-refractivity contribution < 1.29 is 4.79 Å². The fourth-order valence-electron chi connectivity index (χ4n) is 2.49. The Morgan fingerprint density at radius 2 is 1.86 bits per heavy atom. The molecule has 0 fully saturated rings. The highest BCUT2D eigenvalue weighted by atomic mass is 35.5. The number of carbonyl (C=O) groups excluding carboxylic acids is 1. The van der Waals surface area contributed by atoms with Gasteiger partial charge in [0.2, 0.25) is 0 Å². The first-order valence-electron chi connectivity index (χ1n) is 6.82. The number of nitrogens with one attached hydrogen (secondary N) is 1. The van der Waals surface area contributed by atoms with E-state index in [9.17, 15) is 4.79 Å². The fourth-order valence-corrected chi connectivity index (χ4v) is 3.04. The van der Waals surface area contributed by atoms with Gasteiger partial charge >= 0.3 is 6.03 Å². The van der Waals surface area contributed by atoms with Gasteiger partial charge in [-0.05, 0) is 41.8 Å². The zero-order valence-electron chi connectivity index (χ0n) is 11.6. The number of anilines is 1. The molecule has 6 heteroatoms. The monoisotopic (exact) mass is 354 g/mol. The predicted octanol–water partition coefficient (Wildman–Crippen LogP) is 5.24. The number of fused-ring (bicyclic) bond motifs is 1. The smallest absolute Gasteiger partial charge is 0.320 e. The molecule has 1 aliphatic heterocycles. The van der Waals surface area contributed by atoms with Crippen LogP contribution < -0.4 is 5.32 Å². The normalized spacial score (nSPS) is 13.7. The van der Waals surface area contributed by atoms with E-state index in [2.05, 4.69) is 11.4 Å². The Labute approximate surface area is 143 Å². The van der Waals surface area contributed by atoms with Gasteiger partial charge in [-0.2, -0.15) is 0 Å². The predicted molar refractivity (Wildman–Crippen MR) is 91.0 cm³/mol. The standard InChI is InChI=1S/C16H13Cl3N2O/c17-13-3-1-2-10-6-7-21(9-12(10)13)16(22)20-11-4-5-14(18)15(19)8-11/h1-5,8H,6-7,9H2,(H,20,22). The van der Waals surface area contributed by atoms with Gasteiger partial charge in [-0.25, -0.2) is 4.79 Å². The zero-order chi connectivity index (χ0) is 15.7. The third-order valence-corrected chi connectivity index (χ3v) is 4.77. The van der Waals surface area contributed by atoms with E-state index in [1.807, 2.05) is 12.1 Å². The number of hydrogen-bond acceptors (Lipinski definition) is 1. The summed E-state index contributed by atoms with van der Waals surface area (Å²) in [5.41, 5.74) is 2.83. The maximum Gasteiger partial charge on any atom is 0.322 e. The molecule has 0 saturated carbocycles. The van der Waals surface area contributed by atoms with Gasteiger partial charge in [-0.3, -0.25) is 0 Å². The average Bonchev–Trinajstić information content (AvgIpc) is 2.51. The first kappa shape index (κ1) is 15.5. The lowest BCUT2D eigenvalue weighted by Crippen LogP contribution is -2.39. The Kier molecular flexibility index (Phi) is 4.48. The molecule has 1 N–H and O–H groups in total. The van der Waals surface area contributed by atoms with Crippen LogP contribution >= 0.6 is 34.8 Å². The van der Waals surface area contributed by atoms with Crippen LogP contribution in [0.3, 0.4) is 0 Å². The molecule has 3 nitrogen and oxygen atoms in total. The van der Waals surface area contributed by atoms with E-state index in [4.69, 9.17) is 34.8 Å². The Balaban J connectivity index is 1.74. The molecule has 0 atom stereocenters. The van der Waals surface area contributed by atoms with Crippen molar-refractivity contribution in [2.24, 2.45) is 0 Å². The molecule has 0 saturated heterocycles. The molecule has 114 valence electrons. The van der Waals surface area contributed by atoms with Gasteiger partial charge in [0, 0.05) is 23.8 Å². The van der Waals surface area contributed by atoms with Crippen molar-refractivity contribution in [1.82, 2.24) is 4.90 Å². The molecule has 22 heavy (non-hydrogen) atoms. The van der Waals surface area contributed by atoms with E-state index in [1.54, 1.807) is 23.1 Å². The number of hydrogen-bond donors (Lipinski definition) is 1. The Morgan fingerprint density at radius 3 is 2.64 bits per heavy atom. The minimum Gasteiger partial charge on any atom is -0.320 e. The number of rotatable bonds is 1. The molecule has 2 aromatic rings. The lowest BCUT2D eigenvalue weighted by atomic mass is 10.00. The van der Waals surface area contributed by atoms with Gasteiger partial charge in [0.15, 0.2) is 0 Å². The van der Waals surface area contributed by atoms with Crippen molar-refractivity contribution in [2.45, 2.75) is 13.0 Å². The minimum atomic E-state index is -0.177. The number of halogens is 3. The van der Waals surface area contributed by atoms with Gasteiger partial charge in [-0.1, -0.05) is 46.9 Å². The van der Waals surface area contributed by atoms with Crippen LogP contribution in [0.1, 0.15) is 11.1 Å². The third-order valence-electron chi connectivity index (χ3n) is 3.67. The summed E-state index contributed by atoms with van der Waals surface area (Å²) in [6.45, 7) is 1.16. The Hall–Kier alpha value is -1.42. The van der Waals surface area contributed by atoms with Crippen molar-refractivity contribution in [3.8, 4) is 0 Å². The van der Waals surface area contributed by atoms with Crippen molar-refractivity contribution in [3.05, 3.63) is 62.6 Å². The van der Waals surface area contributed by atoms with Gasteiger partial charge in [-0.15, -0.1) is 0 Å². The highest BCUT2D eigenvalue weighted by Gasteiger charge is 2.22. The fraction of sp³-hybridized carbons (Fsp3) is 0.188. The highest BCUT2D eigenvalue weighted by Crippen LogP contribution is 2.28. The van der Waals surface area contributed by atoms with Crippen LogP contribution in [0.5, 0.6) is 0 Å². The molecule has 1 heterocycles. The summed E-state index contributed by atoms with van der Waals surface area (Å²) in [5.74, 6) is 0. The summed E-state index contributed by atoms with van der Waals surface area (Å²) in [6, 6.07) is 10.7. The number of amides is 2. The van der Waals surface area contributed by atoms with E-state index in [0.29, 0.717) is 33.8 Å². The van der Waals surface area contributed by atoms with Crippen LogP contribution in [0.15, 0.2) is 36.4 Å². The SMILES string of the molecule is O=C(Nc1ccc(Cl)c(Cl)c1)N1CCc2cccc(Cl)c2C1. The molecule has 3 rings (SSSR count). The molecule has 0 bridgehead atoms. The zero-order valence-corrected chi connectivity index (χ0v) is 13.8. The Bertz CT molecular complexity index is 733. The van der Waals surface area contributed by atoms with Gasteiger partial charge in [0.05, 0.1) is 10.0 Å². The van der Waals surface area contributed by atoms with E-state index in [0.717, 1.165) is 12.0 Å². The average molecular weight is 356 g/mol.